The first-order chi connectivity index (χ1) is 17.2. The highest BCUT2D eigenvalue weighted by Crippen LogP contribution is 2.32. The Bertz CT molecular complexity index is 1220. The van der Waals surface area contributed by atoms with E-state index in [9.17, 15) is 18.0 Å². The average molecular weight is 523 g/mol. The number of rotatable bonds is 8. The highest BCUT2D eigenvalue weighted by Gasteiger charge is 2.30. The molecule has 0 spiro atoms. The number of ketones is 1. The lowest BCUT2D eigenvalue weighted by Gasteiger charge is -2.31. The quantitative estimate of drug-likeness (QED) is 0.397. The maximum Gasteiger partial charge on any atom is 0.422 e. The molecule has 2 atom stereocenters. The van der Waals surface area contributed by atoms with E-state index in [0.717, 1.165) is 65.8 Å². The zero-order valence-electron chi connectivity index (χ0n) is 20.1. The Hall–Kier alpha value is -2.50. The zero-order chi connectivity index (χ0) is 25.3. The summed E-state index contributed by atoms with van der Waals surface area (Å²) in [6, 6.07) is 5.66. The first kappa shape index (κ1) is 25.2. The fourth-order valence-corrected chi connectivity index (χ4v) is 5.88. The Morgan fingerprint density at radius 2 is 2.17 bits per heavy atom. The molecule has 11 heteroatoms. The molecule has 1 saturated heterocycles. The maximum absolute atomic E-state index is 13.0. The molecule has 2 aliphatic rings. The predicted molar refractivity (Wildman–Crippen MR) is 129 cm³/mol. The molecule has 194 valence electrons. The van der Waals surface area contributed by atoms with E-state index in [1.165, 1.54) is 11.3 Å². The smallest absolute Gasteiger partial charge is 0.422 e. The number of aryl methyl sites for hydroxylation is 1. The summed E-state index contributed by atoms with van der Waals surface area (Å²) in [6.45, 7) is 1.57. The molecule has 4 heterocycles. The number of thiazole rings is 1. The van der Waals surface area contributed by atoms with Crippen LogP contribution in [-0.4, -0.2) is 64.0 Å². The molecule has 5 rings (SSSR count). The first-order valence-electron chi connectivity index (χ1n) is 12.2. The minimum atomic E-state index is -4.36. The van der Waals surface area contributed by atoms with Crippen LogP contribution in [0.25, 0.3) is 10.9 Å². The van der Waals surface area contributed by atoms with E-state index in [1.807, 2.05) is 31.4 Å². The number of Topliss-reactive ketones (excluding diaryl/α,β-unsaturated/α-hetero) is 1. The highest BCUT2D eigenvalue weighted by atomic mass is 32.1. The molecule has 2 aromatic heterocycles. The monoisotopic (exact) mass is 522 g/mol. The zero-order valence-corrected chi connectivity index (χ0v) is 20.9. The van der Waals surface area contributed by atoms with Gasteiger partial charge in [0.25, 0.3) is 5.19 Å². The second-order valence-corrected chi connectivity index (χ2v) is 10.7. The fraction of sp³-hybridized carbons (Fsp3) is 0.560. The van der Waals surface area contributed by atoms with E-state index < -0.39 is 12.8 Å². The third-order valence-electron chi connectivity index (χ3n) is 6.82. The van der Waals surface area contributed by atoms with Gasteiger partial charge < -0.3 is 9.47 Å². The summed E-state index contributed by atoms with van der Waals surface area (Å²) in [5.74, 6) is 0.343. The number of aromatic nitrogens is 3. The van der Waals surface area contributed by atoms with Crippen LogP contribution in [0.2, 0.25) is 0 Å². The molecule has 36 heavy (non-hydrogen) atoms. The maximum atomic E-state index is 13.0. The predicted octanol–water partition coefficient (Wildman–Crippen LogP) is 4.79. The summed E-state index contributed by atoms with van der Waals surface area (Å²) in [4.78, 5) is 20.5. The van der Waals surface area contributed by atoms with Crippen molar-refractivity contribution in [2.75, 3.05) is 26.3 Å². The number of hydrogen-bond donors (Lipinski definition) is 0. The van der Waals surface area contributed by atoms with Gasteiger partial charge in [0, 0.05) is 55.1 Å². The summed E-state index contributed by atoms with van der Waals surface area (Å²) < 4.78 is 49.9. The van der Waals surface area contributed by atoms with Gasteiger partial charge in [-0.2, -0.15) is 18.3 Å². The van der Waals surface area contributed by atoms with Crippen LogP contribution >= 0.6 is 11.3 Å². The third kappa shape index (κ3) is 6.07. The summed E-state index contributed by atoms with van der Waals surface area (Å²) in [5.41, 5.74) is 2.37. The van der Waals surface area contributed by atoms with Crippen LogP contribution in [0.5, 0.6) is 5.19 Å². The molecule has 0 amide bonds. The van der Waals surface area contributed by atoms with Crippen molar-refractivity contribution in [1.29, 1.82) is 0 Å². The molecule has 0 unspecified atom stereocenters. The van der Waals surface area contributed by atoms with E-state index in [4.69, 9.17) is 9.47 Å². The van der Waals surface area contributed by atoms with Gasteiger partial charge in [-0.05, 0) is 37.7 Å². The van der Waals surface area contributed by atoms with E-state index in [-0.39, 0.29) is 23.0 Å². The van der Waals surface area contributed by atoms with Gasteiger partial charge in [0.15, 0.2) is 12.4 Å². The van der Waals surface area contributed by atoms with Crippen LogP contribution in [-0.2, 0) is 24.8 Å². The van der Waals surface area contributed by atoms with Gasteiger partial charge >= 0.3 is 6.18 Å². The Labute approximate surface area is 211 Å². The molecule has 1 fully saturated rings. The lowest BCUT2D eigenvalue weighted by atomic mass is 9.90. The summed E-state index contributed by atoms with van der Waals surface area (Å²) in [6.07, 6.45) is 1.67. The SMILES string of the molecule is Cn1cc2c(C(=O)C[C@H]3CC[C@H](CCN4CCc5sc(OCC(F)(F)F)nc5C4)OC3)cccc2n1. The van der Waals surface area contributed by atoms with Crippen LogP contribution in [0.4, 0.5) is 13.2 Å². The molecule has 0 aliphatic carbocycles. The number of halogens is 3. The number of hydrogen-bond acceptors (Lipinski definition) is 7. The van der Waals surface area contributed by atoms with Crippen molar-refractivity contribution in [3.63, 3.8) is 0 Å². The van der Waals surface area contributed by atoms with Crippen molar-refractivity contribution in [2.45, 2.75) is 50.9 Å². The molecule has 7 nitrogen and oxygen atoms in total. The molecular weight excluding hydrogens is 493 g/mol. The van der Waals surface area contributed by atoms with Crippen molar-refractivity contribution in [3.8, 4) is 5.19 Å². The Balaban J connectivity index is 1.06. The molecule has 0 saturated carbocycles. The van der Waals surface area contributed by atoms with Gasteiger partial charge in [-0.15, -0.1) is 0 Å². The highest BCUT2D eigenvalue weighted by molar-refractivity contribution is 7.13. The number of fused-ring (bicyclic) bond motifs is 2. The minimum Gasteiger partial charge on any atom is -0.460 e. The minimum absolute atomic E-state index is 0.0927. The second kappa shape index (κ2) is 10.5. The molecule has 0 N–H and O–H groups in total. The van der Waals surface area contributed by atoms with Crippen molar-refractivity contribution < 1.29 is 27.4 Å². The average Bonchev–Trinajstić information content (AvgIpc) is 3.43. The van der Waals surface area contributed by atoms with E-state index in [0.29, 0.717) is 19.6 Å². The Morgan fingerprint density at radius 3 is 2.94 bits per heavy atom. The standard InChI is InChI=1S/C25H29F3N4O3S/c1-31-12-19-18(3-2-4-20(19)30-31)22(33)11-16-5-6-17(34-14-16)7-9-32-10-8-23-21(13-32)29-24(36-23)35-15-25(26,27)28/h2-4,12,16-17H,5-11,13-15H2,1H3/t16-,17-/m1/s1. The van der Waals surface area contributed by atoms with Gasteiger partial charge in [0.05, 0.1) is 23.9 Å². The fourth-order valence-electron chi connectivity index (χ4n) is 4.98. The van der Waals surface area contributed by atoms with Crippen molar-refractivity contribution in [1.82, 2.24) is 19.7 Å². The first-order valence-corrected chi connectivity index (χ1v) is 13.0. The van der Waals surface area contributed by atoms with Gasteiger partial charge in [-0.3, -0.25) is 14.4 Å². The van der Waals surface area contributed by atoms with Gasteiger partial charge in [-0.1, -0.05) is 23.5 Å². The van der Waals surface area contributed by atoms with Crippen LogP contribution in [0.3, 0.4) is 0 Å². The second-order valence-electron chi connectivity index (χ2n) is 9.64. The van der Waals surface area contributed by atoms with Gasteiger partial charge in [0.2, 0.25) is 0 Å². The normalized spacial score (nSPS) is 21.0. The van der Waals surface area contributed by atoms with Crippen molar-refractivity contribution in [2.24, 2.45) is 13.0 Å². The molecule has 2 aliphatic heterocycles. The number of nitrogens with zero attached hydrogens (tertiary/aromatic N) is 4. The van der Waals surface area contributed by atoms with Crippen LogP contribution in [0, 0.1) is 5.92 Å². The van der Waals surface area contributed by atoms with Crippen LogP contribution < -0.4 is 4.74 Å². The third-order valence-corrected chi connectivity index (χ3v) is 7.89. The molecule has 3 aromatic rings. The molecule has 1 aromatic carbocycles. The van der Waals surface area contributed by atoms with Crippen molar-refractivity contribution >= 4 is 28.0 Å². The number of carbonyl (C=O) groups is 1. The topological polar surface area (TPSA) is 69.5 Å². The van der Waals surface area contributed by atoms with Crippen LogP contribution in [0.15, 0.2) is 24.4 Å². The molecule has 0 radical (unpaired) electrons. The molecule has 0 bridgehead atoms. The van der Waals surface area contributed by atoms with Gasteiger partial charge in [-0.25, -0.2) is 4.98 Å². The van der Waals surface area contributed by atoms with E-state index in [1.54, 1.807) is 4.68 Å². The summed E-state index contributed by atoms with van der Waals surface area (Å²) in [5, 5.41) is 5.37. The summed E-state index contributed by atoms with van der Waals surface area (Å²) in [7, 11) is 1.85. The number of ether oxygens (including phenoxy) is 2. The van der Waals surface area contributed by atoms with Gasteiger partial charge in [0.1, 0.15) is 0 Å². The lowest BCUT2D eigenvalue weighted by molar-refractivity contribution is -0.153. The van der Waals surface area contributed by atoms with Crippen molar-refractivity contribution in [3.05, 3.63) is 40.5 Å². The lowest BCUT2D eigenvalue weighted by Crippen LogP contribution is -2.35. The largest absolute Gasteiger partial charge is 0.460 e. The Morgan fingerprint density at radius 1 is 1.31 bits per heavy atom. The number of benzene rings is 1. The van der Waals surface area contributed by atoms with E-state index >= 15 is 0 Å². The van der Waals surface area contributed by atoms with E-state index in [2.05, 4.69) is 15.0 Å². The number of carbonyl (C=O) groups excluding carboxylic acids is 1. The summed E-state index contributed by atoms with van der Waals surface area (Å²) >= 11 is 1.21. The Kier molecular flexibility index (Phi) is 7.32. The van der Waals surface area contributed by atoms with Crippen LogP contribution in [0.1, 0.15) is 46.6 Å². The number of alkyl halides is 3. The molecular formula is C25H29F3N4O3S.